The summed E-state index contributed by atoms with van der Waals surface area (Å²) < 4.78 is 0. The molecule has 0 unspecified atom stereocenters. The summed E-state index contributed by atoms with van der Waals surface area (Å²) >= 11 is 5.75. The predicted octanol–water partition coefficient (Wildman–Crippen LogP) is 2.15. The molecule has 0 aliphatic rings. The van der Waals surface area contributed by atoms with Gasteiger partial charge in [0.05, 0.1) is 5.56 Å². The molecule has 4 nitrogen and oxygen atoms in total. The SMILES string of the molecule is O=C(NCc1cccc(CCl)c1)c1cncnc1. The molecule has 0 aliphatic carbocycles. The molecule has 1 amide bonds. The number of alkyl halides is 1. The molecule has 0 bridgehead atoms. The van der Waals surface area contributed by atoms with Crippen molar-refractivity contribution in [3.63, 3.8) is 0 Å². The zero-order chi connectivity index (χ0) is 12.8. The van der Waals surface area contributed by atoms with Crippen molar-refractivity contribution in [2.45, 2.75) is 12.4 Å². The molecule has 0 aliphatic heterocycles. The number of nitrogens with one attached hydrogen (secondary N) is 1. The van der Waals surface area contributed by atoms with E-state index in [1.807, 2.05) is 24.3 Å². The molecule has 18 heavy (non-hydrogen) atoms. The third-order valence-corrected chi connectivity index (χ3v) is 2.73. The molecular formula is C13H12ClN3O. The summed E-state index contributed by atoms with van der Waals surface area (Å²) in [6.45, 7) is 0.457. The summed E-state index contributed by atoms with van der Waals surface area (Å²) in [5, 5.41) is 2.80. The number of aromatic nitrogens is 2. The average Bonchev–Trinajstić information content (AvgIpc) is 2.46. The molecule has 1 aromatic heterocycles. The smallest absolute Gasteiger partial charge is 0.254 e. The maximum absolute atomic E-state index is 11.8. The van der Waals surface area contributed by atoms with Crippen LogP contribution in [0.5, 0.6) is 0 Å². The van der Waals surface area contributed by atoms with Crippen LogP contribution in [0.4, 0.5) is 0 Å². The Morgan fingerprint density at radius 1 is 1.22 bits per heavy atom. The highest BCUT2D eigenvalue weighted by atomic mass is 35.5. The Bertz CT molecular complexity index is 531. The summed E-state index contributed by atoms with van der Waals surface area (Å²) in [6.07, 6.45) is 4.36. The van der Waals surface area contributed by atoms with Crippen LogP contribution in [0, 0.1) is 0 Å². The fourth-order valence-electron chi connectivity index (χ4n) is 1.52. The maximum Gasteiger partial charge on any atom is 0.254 e. The number of rotatable bonds is 4. The van der Waals surface area contributed by atoms with E-state index in [9.17, 15) is 4.79 Å². The van der Waals surface area contributed by atoms with Gasteiger partial charge in [-0.05, 0) is 11.1 Å². The van der Waals surface area contributed by atoms with Crippen LogP contribution in [0.1, 0.15) is 21.5 Å². The lowest BCUT2D eigenvalue weighted by molar-refractivity contribution is 0.0950. The van der Waals surface area contributed by atoms with E-state index in [4.69, 9.17) is 11.6 Å². The highest BCUT2D eigenvalue weighted by molar-refractivity contribution is 6.17. The lowest BCUT2D eigenvalue weighted by atomic mass is 10.1. The molecule has 0 fully saturated rings. The Kier molecular flexibility index (Phi) is 4.25. The number of amides is 1. The summed E-state index contributed by atoms with van der Waals surface area (Å²) in [6, 6.07) is 7.78. The lowest BCUT2D eigenvalue weighted by Gasteiger charge is -2.06. The Balaban J connectivity index is 1.97. The Hall–Kier alpha value is -1.94. The molecule has 0 atom stereocenters. The minimum atomic E-state index is -0.188. The number of hydrogen-bond donors (Lipinski definition) is 1. The number of carbonyl (C=O) groups excluding carboxylic acids is 1. The first kappa shape index (κ1) is 12.5. The fraction of sp³-hybridized carbons (Fsp3) is 0.154. The van der Waals surface area contributed by atoms with Crippen molar-refractivity contribution in [3.8, 4) is 0 Å². The van der Waals surface area contributed by atoms with Gasteiger partial charge in [-0.3, -0.25) is 4.79 Å². The van der Waals surface area contributed by atoms with Crippen molar-refractivity contribution >= 4 is 17.5 Å². The molecule has 1 heterocycles. The van der Waals surface area contributed by atoms with E-state index in [-0.39, 0.29) is 5.91 Å². The van der Waals surface area contributed by atoms with Crippen molar-refractivity contribution < 1.29 is 4.79 Å². The summed E-state index contributed by atoms with van der Waals surface area (Å²) in [5.41, 5.74) is 2.50. The topological polar surface area (TPSA) is 54.9 Å². The molecule has 0 radical (unpaired) electrons. The second-order valence-electron chi connectivity index (χ2n) is 3.76. The van der Waals surface area contributed by atoms with Crippen molar-refractivity contribution in [1.82, 2.24) is 15.3 Å². The standard InChI is InChI=1S/C13H12ClN3O/c14-5-10-2-1-3-11(4-10)6-17-13(18)12-7-15-9-16-8-12/h1-4,7-9H,5-6H2,(H,17,18). The number of nitrogens with zero attached hydrogens (tertiary/aromatic N) is 2. The van der Waals surface area contributed by atoms with Crippen LogP contribution in [-0.2, 0) is 12.4 Å². The second kappa shape index (κ2) is 6.12. The van der Waals surface area contributed by atoms with E-state index in [1.165, 1.54) is 18.7 Å². The third-order valence-electron chi connectivity index (χ3n) is 2.42. The van der Waals surface area contributed by atoms with Gasteiger partial charge in [0.15, 0.2) is 0 Å². The van der Waals surface area contributed by atoms with Crippen molar-refractivity contribution in [2.75, 3.05) is 0 Å². The van der Waals surface area contributed by atoms with E-state index in [2.05, 4.69) is 15.3 Å². The van der Waals surface area contributed by atoms with Crippen molar-refractivity contribution in [3.05, 3.63) is 59.7 Å². The van der Waals surface area contributed by atoms with Crippen LogP contribution in [0.15, 0.2) is 43.0 Å². The summed E-state index contributed by atoms with van der Waals surface area (Å²) in [5.74, 6) is 0.279. The molecular weight excluding hydrogens is 250 g/mol. The van der Waals surface area contributed by atoms with Crippen molar-refractivity contribution in [1.29, 1.82) is 0 Å². The Labute approximate surface area is 110 Å². The largest absolute Gasteiger partial charge is 0.348 e. The number of halogens is 1. The number of hydrogen-bond acceptors (Lipinski definition) is 3. The quantitative estimate of drug-likeness (QED) is 0.858. The number of carbonyl (C=O) groups is 1. The molecule has 5 heteroatoms. The van der Waals surface area contributed by atoms with Crippen LogP contribution in [-0.4, -0.2) is 15.9 Å². The zero-order valence-electron chi connectivity index (χ0n) is 9.64. The van der Waals surface area contributed by atoms with Gasteiger partial charge < -0.3 is 5.32 Å². The molecule has 1 N–H and O–H groups in total. The highest BCUT2D eigenvalue weighted by Gasteiger charge is 2.05. The fourth-order valence-corrected chi connectivity index (χ4v) is 1.69. The van der Waals surface area contributed by atoms with Gasteiger partial charge in [0, 0.05) is 24.8 Å². The van der Waals surface area contributed by atoms with E-state index in [0.29, 0.717) is 18.0 Å². The molecule has 92 valence electrons. The van der Waals surface area contributed by atoms with Crippen molar-refractivity contribution in [2.24, 2.45) is 0 Å². The summed E-state index contributed by atoms with van der Waals surface area (Å²) in [4.78, 5) is 19.4. The normalized spacial score (nSPS) is 10.1. The van der Waals surface area contributed by atoms with E-state index in [0.717, 1.165) is 11.1 Å². The van der Waals surface area contributed by atoms with Crippen LogP contribution in [0.2, 0.25) is 0 Å². The zero-order valence-corrected chi connectivity index (χ0v) is 10.4. The van der Waals surface area contributed by atoms with Crippen LogP contribution >= 0.6 is 11.6 Å². The first-order chi connectivity index (χ1) is 8.79. The molecule has 0 saturated heterocycles. The van der Waals surface area contributed by atoms with Gasteiger partial charge >= 0.3 is 0 Å². The molecule has 2 aromatic rings. The van der Waals surface area contributed by atoms with Gasteiger partial charge in [0.1, 0.15) is 6.33 Å². The van der Waals surface area contributed by atoms with E-state index >= 15 is 0 Å². The first-order valence-electron chi connectivity index (χ1n) is 5.46. The third kappa shape index (κ3) is 3.28. The van der Waals surface area contributed by atoms with Gasteiger partial charge in [0.25, 0.3) is 5.91 Å². The summed E-state index contributed by atoms with van der Waals surface area (Å²) in [7, 11) is 0. The van der Waals surface area contributed by atoms with Gasteiger partial charge in [0.2, 0.25) is 0 Å². The minimum absolute atomic E-state index is 0.188. The maximum atomic E-state index is 11.8. The second-order valence-corrected chi connectivity index (χ2v) is 4.03. The molecule has 1 aromatic carbocycles. The van der Waals surface area contributed by atoms with Crippen LogP contribution < -0.4 is 5.32 Å². The monoisotopic (exact) mass is 261 g/mol. The predicted molar refractivity (Wildman–Crippen MR) is 69.2 cm³/mol. The van der Waals surface area contributed by atoms with E-state index < -0.39 is 0 Å². The Morgan fingerprint density at radius 2 is 1.94 bits per heavy atom. The van der Waals surface area contributed by atoms with Crippen LogP contribution in [0.3, 0.4) is 0 Å². The molecule has 0 spiro atoms. The lowest BCUT2D eigenvalue weighted by Crippen LogP contribution is -2.23. The number of benzene rings is 1. The van der Waals surface area contributed by atoms with E-state index in [1.54, 1.807) is 0 Å². The van der Waals surface area contributed by atoms with Gasteiger partial charge in [-0.25, -0.2) is 9.97 Å². The van der Waals surface area contributed by atoms with Gasteiger partial charge in [-0.15, -0.1) is 11.6 Å². The Morgan fingerprint density at radius 3 is 2.67 bits per heavy atom. The minimum Gasteiger partial charge on any atom is -0.348 e. The first-order valence-corrected chi connectivity index (χ1v) is 6.00. The van der Waals surface area contributed by atoms with Gasteiger partial charge in [-0.2, -0.15) is 0 Å². The molecule has 0 saturated carbocycles. The molecule has 2 rings (SSSR count). The van der Waals surface area contributed by atoms with Crippen LogP contribution in [0.25, 0.3) is 0 Å². The highest BCUT2D eigenvalue weighted by Crippen LogP contribution is 2.07. The van der Waals surface area contributed by atoms with Gasteiger partial charge in [-0.1, -0.05) is 24.3 Å². The average molecular weight is 262 g/mol.